The SMILES string of the molecule is Cc1ccc(S(=O)(=O)N2CCC=C(F)CC2)cc1. The van der Waals surface area contributed by atoms with E-state index in [1.807, 2.05) is 6.92 Å². The quantitative estimate of drug-likeness (QED) is 0.827. The second-order valence-corrected chi connectivity index (χ2v) is 6.34. The average Bonchev–Trinajstić information content (AvgIpc) is 2.55. The van der Waals surface area contributed by atoms with Crippen LogP contribution in [0.1, 0.15) is 18.4 Å². The summed E-state index contributed by atoms with van der Waals surface area (Å²) < 4.78 is 39.1. The van der Waals surface area contributed by atoms with Crippen molar-refractivity contribution in [2.75, 3.05) is 13.1 Å². The van der Waals surface area contributed by atoms with Crippen LogP contribution in [0, 0.1) is 6.92 Å². The maximum atomic E-state index is 13.1. The summed E-state index contributed by atoms with van der Waals surface area (Å²) in [5.41, 5.74) is 1.01. The first-order valence-corrected chi connectivity index (χ1v) is 7.35. The lowest BCUT2D eigenvalue weighted by molar-refractivity contribution is 0.419. The van der Waals surface area contributed by atoms with Crippen LogP contribution in [0.15, 0.2) is 41.1 Å². The van der Waals surface area contributed by atoms with Crippen LogP contribution < -0.4 is 0 Å². The van der Waals surface area contributed by atoms with Crippen LogP contribution in [-0.4, -0.2) is 25.8 Å². The summed E-state index contributed by atoms with van der Waals surface area (Å²) >= 11 is 0. The summed E-state index contributed by atoms with van der Waals surface area (Å²) in [7, 11) is -3.49. The fraction of sp³-hybridized carbons (Fsp3) is 0.385. The molecule has 0 saturated heterocycles. The summed E-state index contributed by atoms with van der Waals surface area (Å²) in [5, 5.41) is 0. The van der Waals surface area contributed by atoms with Crippen molar-refractivity contribution in [2.45, 2.75) is 24.7 Å². The third kappa shape index (κ3) is 2.79. The van der Waals surface area contributed by atoms with Crippen LogP contribution in [0.4, 0.5) is 4.39 Å². The molecule has 1 aromatic rings. The average molecular weight is 269 g/mol. The van der Waals surface area contributed by atoms with E-state index in [-0.39, 0.29) is 23.7 Å². The number of rotatable bonds is 2. The molecule has 1 aliphatic heterocycles. The van der Waals surface area contributed by atoms with Gasteiger partial charge in [0.2, 0.25) is 10.0 Å². The smallest absolute Gasteiger partial charge is 0.212 e. The van der Waals surface area contributed by atoms with Gasteiger partial charge >= 0.3 is 0 Å². The normalized spacial score (nSPS) is 18.2. The lowest BCUT2D eigenvalue weighted by Crippen LogP contribution is -2.32. The maximum Gasteiger partial charge on any atom is 0.243 e. The van der Waals surface area contributed by atoms with E-state index in [0.717, 1.165) is 5.56 Å². The second kappa shape index (κ2) is 5.20. The molecule has 0 fully saturated rings. The molecule has 98 valence electrons. The van der Waals surface area contributed by atoms with Crippen LogP contribution in [0.5, 0.6) is 0 Å². The van der Waals surface area contributed by atoms with E-state index in [4.69, 9.17) is 0 Å². The number of nitrogens with zero attached hydrogens (tertiary/aromatic N) is 1. The summed E-state index contributed by atoms with van der Waals surface area (Å²) in [6, 6.07) is 6.73. The number of hydrogen-bond acceptors (Lipinski definition) is 2. The Bertz CT molecular complexity index is 549. The largest absolute Gasteiger partial charge is 0.243 e. The van der Waals surface area contributed by atoms with Crippen LogP contribution in [0.3, 0.4) is 0 Å². The van der Waals surface area contributed by atoms with Crippen molar-refractivity contribution >= 4 is 10.0 Å². The molecule has 3 nitrogen and oxygen atoms in total. The Morgan fingerprint density at radius 1 is 1.17 bits per heavy atom. The number of sulfonamides is 1. The first-order valence-electron chi connectivity index (χ1n) is 5.91. The minimum absolute atomic E-state index is 0.158. The Hall–Kier alpha value is -1.20. The molecule has 0 aromatic heterocycles. The summed E-state index contributed by atoms with van der Waals surface area (Å²) in [6.07, 6.45) is 2.05. The molecule has 0 bridgehead atoms. The zero-order valence-corrected chi connectivity index (χ0v) is 11.1. The molecule has 1 aromatic carbocycles. The van der Waals surface area contributed by atoms with Gasteiger partial charge in [-0.25, -0.2) is 12.8 Å². The van der Waals surface area contributed by atoms with E-state index >= 15 is 0 Å². The second-order valence-electron chi connectivity index (χ2n) is 4.41. The van der Waals surface area contributed by atoms with Gasteiger partial charge in [-0.05, 0) is 25.5 Å². The molecule has 18 heavy (non-hydrogen) atoms. The molecule has 0 saturated carbocycles. The van der Waals surface area contributed by atoms with Crippen molar-refractivity contribution in [2.24, 2.45) is 0 Å². The first kappa shape index (κ1) is 13.2. The molecule has 0 unspecified atom stereocenters. The van der Waals surface area contributed by atoms with Gasteiger partial charge in [-0.1, -0.05) is 23.8 Å². The van der Waals surface area contributed by atoms with Crippen LogP contribution in [0.2, 0.25) is 0 Å². The van der Waals surface area contributed by atoms with Crippen LogP contribution in [-0.2, 0) is 10.0 Å². The molecule has 1 aliphatic rings. The van der Waals surface area contributed by atoms with Crippen LogP contribution in [0.25, 0.3) is 0 Å². The molecule has 0 amide bonds. The maximum absolute atomic E-state index is 13.1. The van der Waals surface area contributed by atoms with E-state index in [1.54, 1.807) is 24.3 Å². The summed E-state index contributed by atoms with van der Waals surface area (Å²) in [5.74, 6) is -0.225. The van der Waals surface area contributed by atoms with E-state index in [2.05, 4.69) is 0 Å². The molecule has 0 atom stereocenters. The Morgan fingerprint density at radius 3 is 2.50 bits per heavy atom. The van der Waals surface area contributed by atoms with E-state index < -0.39 is 10.0 Å². The highest BCUT2D eigenvalue weighted by molar-refractivity contribution is 7.89. The Morgan fingerprint density at radius 2 is 1.83 bits per heavy atom. The molecular formula is C13H16FNO2S. The van der Waals surface area contributed by atoms with Crippen molar-refractivity contribution < 1.29 is 12.8 Å². The molecular weight excluding hydrogens is 253 g/mol. The molecule has 5 heteroatoms. The van der Waals surface area contributed by atoms with Crippen molar-refractivity contribution in [1.29, 1.82) is 0 Å². The van der Waals surface area contributed by atoms with E-state index in [1.165, 1.54) is 10.4 Å². The highest BCUT2D eigenvalue weighted by Gasteiger charge is 2.25. The van der Waals surface area contributed by atoms with Crippen molar-refractivity contribution in [1.82, 2.24) is 4.31 Å². The third-order valence-electron chi connectivity index (χ3n) is 3.00. The van der Waals surface area contributed by atoms with Gasteiger partial charge in [0.05, 0.1) is 10.7 Å². The van der Waals surface area contributed by atoms with Crippen molar-refractivity contribution in [3.63, 3.8) is 0 Å². The van der Waals surface area contributed by atoms with Crippen molar-refractivity contribution in [3.8, 4) is 0 Å². The predicted molar refractivity (Wildman–Crippen MR) is 68.4 cm³/mol. The van der Waals surface area contributed by atoms with Crippen LogP contribution >= 0.6 is 0 Å². The summed E-state index contributed by atoms with van der Waals surface area (Å²) in [4.78, 5) is 0.274. The third-order valence-corrected chi connectivity index (χ3v) is 4.92. The van der Waals surface area contributed by atoms with Gasteiger partial charge in [-0.15, -0.1) is 0 Å². The Labute approximate surface area is 107 Å². The first-order chi connectivity index (χ1) is 8.50. The highest BCUT2D eigenvalue weighted by atomic mass is 32.2. The standard InChI is InChI=1S/C13H16FNO2S/c1-11-4-6-13(7-5-11)18(16,17)15-9-2-3-12(14)8-10-15/h3-7H,2,8-10H2,1H3. The minimum atomic E-state index is -3.49. The van der Waals surface area contributed by atoms with Gasteiger partial charge in [0.25, 0.3) is 0 Å². The number of benzene rings is 1. The number of hydrogen-bond donors (Lipinski definition) is 0. The van der Waals surface area contributed by atoms with Gasteiger partial charge in [0.15, 0.2) is 0 Å². The van der Waals surface area contributed by atoms with Gasteiger partial charge in [-0.3, -0.25) is 0 Å². The monoisotopic (exact) mass is 269 g/mol. The molecule has 0 spiro atoms. The lowest BCUT2D eigenvalue weighted by atomic mass is 10.2. The highest BCUT2D eigenvalue weighted by Crippen LogP contribution is 2.20. The minimum Gasteiger partial charge on any atom is -0.212 e. The summed E-state index contributed by atoms with van der Waals surface area (Å²) in [6.45, 7) is 2.45. The van der Waals surface area contributed by atoms with Gasteiger partial charge < -0.3 is 0 Å². The van der Waals surface area contributed by atoms with E-state index in [0.29, 0.717) is 13.0 Å². The molecule has 0 N–H and O–H groups in total. The Kier molecular flexibility index (Phi) is 3.82. The fourth-order valence-corrected chi connectivity index (χ4v) is 3.37. The molecule has 1 heterocycles. The number of aryl methyl sites for hydroxylation is 1. The zero-order valence-electron chi connectivity index (χ0n) is 10.3. The topological polar surface area (TPSA) is 37.4 Å². The van der Waals surface area contributed by atoms with E-state index in [9.17, 15) is 12.8 Å². The predicted octanol–water partition coefficient (Wildman–Crippen LogP) is 2.63. The van der Waals surface area contributed by atoms with Gasteiger partial charge in [0.1, 0.15) is 0 Å². The van der Waals surface area contributed by atoms with Gasteiger partial charge in [0, 0.05) is 19.5 Å². The lowest BCUT2D eigenvalue weighted by Gasteiger charge is -2.19. The number of halogens is 1. The van der Waals surface area contributed by atoms with Crippen molar-refractivity contribution in [3.05, 3.63) is 41.7 Å². The molecule has 2 rings (SSSR count). The van der Waals surface area contributed by atoms with Gasteiger partial charge in [-0.2, -0.15) is 4.31 Å². The molecule has 0 aliphatic carbocycles. The zero-order chi connectivity index (χ0) is 13.2. The Balaban J connectivity index is 2.23. The molecule has 0 radical (unpaired) electrons. The fourth-order valence-electron chi connectivity index (χ4n) is 1.91.